The first-order chi connectivity index (χ1) is 20.9. The number of thiazole rings is 1. The molecule has 0 radical (unpaired) electrons. The highest BCUT2D eigenvalue weighted by Gasteiger charge is 2.37. The number of anilines is 2. The molecule has 11 nitrogen and oxygen atoms in total. The van der Waals surface area contributed by atoms with Crippen LogP contribution in [0, 0.1) is 5.82 Å². The Bertz CT molecular complexity index is 1510. The molecule has 0 saturated carbocycles. The monoisotopic (exact) mass is 637 g/mol. The molecule has 1 aromatic carbocycles. The summed E-state index contributed by atoms with van der Waals surface area (Å²) < 4.78 is 60.9. The number of hydrogen-bond acceptors (Lipinski definition) is 10. The Balaban J connectivity index is 1.37. The van der Waals surface area contributed by atoms with Gasteiger partial charge in [0.05, 0.1) is 31.7 Å². The van der Waals surface area contributed by atoms with Gasteiger partial charge in [-0.3, -0.25) is 24.7 Å². The zero-order chi connectivity index (χ0) is 31.6. The molecule has 0 spiro atoms. The summed E-state index contributed by atoms with van der Waals surface area (Å²) in [5.74, 6) is -3.04. The SMILES string of the molecule is COc1c(F)cc(-c2nc(NC(=O)c3cnc(N4CCN(CC(=O)O)CC4)cn3)sc2CN2CCC[C@H]2C)cc1C(F)(F)F. The largest absolute Gasteiger partial charge is 0.493 e. The standard InChI is InChI=1S/C28H31F4N7O4S/c1-16-4-3-5-39(16)14-21-24(17-10-18(28(30,31)32)25(43-2)19(29)11-17)35-27(44-21)36-26(42)20-12-34-22(13-33-20)38-8-6-37(7-9-38)15-23(40)41/h10-13,16H,3-9,14-15H2,1-2H3,(H,40,41)(H,35,36,42)/t16-/m1/s1. The molecule has 44 heavy (non-hydrogen) atoms. The number of hydrogen-bond donors (Lipinski definition) is 2. The van der Waals surface area contributed by atoms with Crippen LogP contribution in [-0.2, 0) is 17.5 Å². The van der Waals surface area contributed by atoms with E-state index < -0.39 is 35.2 Å². The van der Waals surface area contributed by atoms with Gasteiger partial charge in [-0.15, -0.1) is 0 Å². The van der Waals surface area contributed by atoms with E-state index in [0.29, 0.717) is 43.4 Å². The van der Waals surface area contributed by atoms with Gasteiger partial charge in [0.25, 0.3) is 5.91 Å². The number of benzene rings is 1. The first kappa shape index (κ1) is 31.5. The smallest absolute Gasteiger partial charge is 0.420 e. The molecule has 3 aromatic rings. The summed E-state index contributed by atoms with van der Waals surface area (Å²) in [5, 5.41) is 11.8. The number of likely N-dealkylation sites (tertiary alicyclic amines) is 1. The summed E-state index contributed by atoms with van der Waals surface area (Å²) in [5.41, 5.74) is -1.20. The second-order valence-corrected chi connectivity index (χ2v) is 11.7. The van der Waals surface area contributed by atoms with Crippen molar-refractivity contribution in [3.8, 4) is 17.0 Å². The Hall–Kier alpha value is -3.89. The van der Waals surface area contributed by atoms with E-state index >= 15 is 0 Å². The topological polar surface area (TPSA) is 124 Å². The van der Waals surface area contributed by atoms with Crippen molar-refractivity contribution in [1.29, 1.82) is 0 Å². The summed E-state index contributed by atoms with van der Waals surface area (Å²) in [6, 6.07) is 2.01. The van der Waals surface area contributed by atoms with Crippen molar-refractivity contribution in [2.45, 2.75) is 38.5 Å². The van der Waals surface area contributed by atoms with E-state index in [1.165, 1.54) is 12.4 Å². The predicted molar refractivity (Wildman–Crippen MR) is 154 cm³/mol. The molecule has 2 fully saturated rings. The van der Waals surface area contributed by atoms with Crippen LogP contribution in [-0.4, -0.2) is 94.2 Å². The van der Waals surface area contributed by atoms with Crippen LogP contribution >= 0.6 is 11.3 Å². The fourth-order valence-corrected chi connectivity index (χ4v) is 6.39. The van der Waals surface area contributed by atoms with Gasteiger partial charge in [-0.1, -0.05) is 11.3 Å². The molecule has 0 unspecified atom stereocenters. The second kappa shape index (κ2) is 13.0. The average Bonchev–Trinajstić information content (AvgIpc) is 3.57. The highest BCUT2D eigenvalue weighted by Crippen LogP contribution is 2.42. The van der Waals surface area contributed by atoms with Crippen LogP contribution in [0.5, 0.6) is 5.75 Å². The lowest BCUT2D eigenvalue weighted by Gasteiger charge is -2.34. The van der Waals surface area contributed by atoms with Crippen molar-refractivity contribution in [3.05, 3.63) is 46.5 Å². The van der Waals surface area contributed by atoms with Crippen LogP contribution in [0.25, 0.3) is 11.3 Å². The molecule has 0 bridgehead atoms. The van der Waals surface area contributed by atoms with Gasteiger partial charge in [-0.05, 0) is 38.4 Å². The van der Waals surface area contributed by atoms with Gasteiger partial charge in [0.1, 0.15) is 17.1 Å². The Morgan fingerprint density at radius 2 is 1.89 bits per heavy atom. The number of piperazine rings is 1. The van der Waals surface area contributed by atoms with Gasteiger partial charge in [0.2, 0.25) is 0 Å². The third-order valence-electron chi connectivity index (χ3n) is 7.71. The van der Waals surface area contributed by atoms with E-state index in [0.717, 1.165) is 50.0 Å². The number of carbonyl (C=O) groups excluding carboxylic acids is 1. The molecular weight excluding hydrogens is 606 g/mol. The number of methoxy groups -OCH3 is 1. The second-order valence-electron chi connectivity index (χ2n) is 10.7. The molecule has 2 aliphatic heterocycles. The molecule has 2 aliphatic rings. The summed E-state index contributed by atoms with van der Waals surface area (Å²) in [6.45, 7) is 5.38. The Kier molecular flexibility index (Phi) is 9.31. The number of amides is 1. The lowest BCUT2D eigenvalue weighted by Crippen LogP contribution is -2.48. The number of alkyl halides is 3. The van der Waals surface area contributed by atoms with Crippen molar-refractivity contribution in [2.24, 2.45) is 0 Å². The molecule has 2 aromatic heterocycles. The number of nitrogens with zero attached hydrogens (tertiary/aromatic N) is 6. The van der Waals surface area contributed by atoms with Crippen LogP contribution < -0.4 is 15.0 Å². The zero-order valence-electron chi connectivity index (χ0n) is 24.0. The molecule has 5 rings (SSSR count). The summed E-state index contributed by atoms with van der Waals surface area (Å²) in [7, 11) is 0.974. The van der Waals surface area contributed by atoms with E-state index in [9.17, 15) is 27.2 Å². The lowest BCUT2D eigenvalue weighted by atomic mass is 10.0. The highest BCUT2D eigenvalue weighted by atomic mass is 32.1. The van der Waals surface area contributed by atoms with Crippen LogP contribution in [0.3, 0.4) is 0 Å². The Morgan fingerprint density at radius 1 is 1.14 bits per heavy atom. The number of nitrogens with one attached hydrogen (secondary N) is 1. The molecule has 1 amide bonds. The van der Waals surface area contributed by atoms with Crippen molar-refractivity contribution in [3.63, 3.8) is 0 Å². The molecule has 0 aliphatic carbocycles. The average molecular weight is 638 g/mol. The third kappa shape index (κ3) is 7.08. The lowest BCUT2D eigenvalue weighted by molar-refractivity contribution is -0.139. The van der Waals surface area contributed by atoms with Gasteiger partial charge in [-0.2, -0.15) is 13.2 Å². The number of ether oxygens (including phenoxy) is 1. The van der Waals surface area contributed by atoms with E-state index in [-0.39, 0.29) is 34.7 Å². The quantitative estimate of drug-likeness (QED) is 0.330. The number of aliphatic carboxylic acids is 1. The Labute approximate surface area is 254 Å². The van der Waals surface area contributed by atoms with Crippen LogP contribution in [0.2, 0.25) is 0 Å². The van der Waals surface area contributed by atoms with Gasteiger partial charge in [-0.25, -0.2) is 19.3 Å². The Morgan fingerprint density at radius 3 is 2.48 bits per heavy atom. The molecule has 2 saturated heterocycles. The molecule has 236 valence electrons. The van der Waals surface area contributed by atoms with E-state index in [2.05, 4.69) is 32.1 Å². The summed E-state index contributed by atoms with van der Waals surface area (Å²) >= 11 is 1.10. The minimum absolute atomic E-state index is 0.000391. The zero-order valence-corrected chi connectivity index (χ0v) is 24.8. The minimum atomic E-state index is -4.87. The maximum Gasteiger partial charge on any atom is 0.420 e. The number of aromatic nitrogens is 3. The highest BCUT2D eigenvalue weighted by molar-refractivity contribution is 7.16. The number of rotatable bonds is 9. The first-order valence-corrected chi connectivity index (χ1v) is 14.8. The fourth-order valence-electron chi connectivity index (χ4n) is 5.39. The van der Waals surface area contributed by atoms with Crippen LogP contribution in [0.1, 0.15) is 40.7 Å². The van der Waals surface area contributed by atoms with Crippen molar-refractivity contribution in [2.75, 3.05) is 56.6 Å². The normalized spacial score (nSPS) is 18.0. The maximum atomic E-state index is 14.8. The minimum Gasteiger partial charge on any atom is -0.493 e. The first-order valence-electron chi connectivity index (χ1n) is 13.9. The van der Waals surface area contributed by atoms with Crippen molar-refractivity contribution in [1.82, 2.24) is 24.8 Å². The van der Waals surface area contributed by atoms with Crippen molar-refractivity contribution < 1.29 is 37.0 Å². The van der Waals surface area contributed by atoms with Gasteiger partial charge in [0, 0.05) is 49.2 Å². The molecular formula is C28H31F4N7O4S. The number of carboxylic acids is 1. The van der Waals surface area contributed by atoms with Gasteiger partial charge >= 0.3 is 12.1 Å². The van der Waals surface area contributed by atoms with E-state index in [1.807, 2.05) is 9.80 Å². The molecule has 4 heterocycles. The van der Waals surface area contributed by atoms with E-state index in [4.69, 9.17) is 9.84 Å². The predicted octanol–water partition coefficient (Wildman–Crippen LogP) is 4.21. The van der Waals surface area contributed by atoms with Gasteiger partial charge in [0.15, 0.2) is 16.7 Å². The molecule has 16 heteroatoms. The van der Waals surface area contributed by atoms with Gasteiger partial charge < -0.3 is 14.7 Å². The van der Waals surface area contributed by atoms with E-state index in [1.54, 1.807) is 0 Å². The number of carbonyl (C=O) groups is 2. The third-order valence-corrected chi connectivity index (χ3v) is 8.66. The maximum absolute atomic E-state index is 14.8. The summed E-state index contributed by atoms with van der Waals surface area (Å²) in [4.78, 5) is 43.5. The van der Waals surface area contributed by atoms with Crippen molar-refractivity contribution >= 4 is 34.2 Å². The molecule has 1 atom stereocenters. The fraction of sp³-hybridized carbons (Fsp3) is 0.464. The van der Waals surface area contributed by atoms with Crippen LogP contribution in [0.4, 0.5) is 28.5 Å². The number of carboxylic acid groups (broad SMARTS) is 1. The van der Waals surface area contributed by atoms with Crippen LogP contribution in [0.15, 0.2) is 24.5 Å². The molecule has 2 N–H and O–H groups in total. The number of halogens is 4. The summed E-state index contributed by atoms with van der Waals surface area (Å²) in [6.07, 6.45) is -0.158.